The van der Waals surface area contributed by atoms with Crippen molar-refractivity contribution in [2.45, 2.75) is 25.9 Å². The Morgan fingerprint density at radius 3 is 3.00 bits per heavy atom. The average Bonchev–Trinajstić information content (AvgIpc) is 3.20. The molecule has 2 N–H and O–H groups in total. The number of nitrogens with one attached hydrogen (secondary N) is 2. The van der Waals surface area contributed by atoms with Crippen LogP contribution in [0.2, 0.25) is 0 Å². The molecule has 1 atom stereocenters. The summed E-state index contributed by atoms with van der Waals surface area (Å²) in [6, 6.07) is 9.22. The molecule has 2 aromatic rings. The Morgan fingerprint density at radius 2 is 2.29 bits per heavy atom. The van der Waals surface area contributed by atoms with E-state index >= 15 is 0 Å². The summed E-state index contributed by atoms with van der Waals surface area (Å²) >= 11 is 0. The first kappa shape index (κ1) is 16.0. The molecule has 1 amide bonds. The number of rotatable bonds is 5. The summed E-state index contributed by atoms with van der Waals surface area (Å²) in [7, 11) is 1.61. The lowest BCUT2D eigenvalue weighted by molar-refractivity contribution is -0.00185. The van der Waals surface area contributed by atoms with Crippen LogP contribution >= 0.6 is 0 Å². The summed E-state index contributed by atoms with van der Waals surface area (Å²) in [5.41, 5.74) is 2.39. The number of hydrogen-bond donors (Lipinski definition) is 2. The molecule has 0 fully saturated rings. The van der Waals surface area contributed by atoms with Gasteiger partial charge in [-0.3, -0.25) is 9.89 Å². The predicted octanol–water partition coefficient (Wildman–Crippen LogP) is 2.37. The summed E-state index contributed by atoms with van der Waals surface area (Å²) in [5.74, 6) is 0.509. The van der Waals surface area contributed by atoms with Gasteiger partial charge < -0.3 is 14.9 Å². The van der Waals surface area contributed by atoms with Gasteiger partial charge in [0, 0.05) is 12.0 Å². The summed E-state index contributed by atoms with van der Waals surface area (Å²) in [6.07, 6.45) is 0.700. The molecule has 1 aliphatic heterocycles. The fraction of sp³-hybridized carbons (Fsp3) is 0.353. The molecule has 1 aromatic carbocycles. The van der Waals surface area contributed by atoms with Gasteiger partial charge in [0.2, 0.25) is 0 Å². The fourth-order valence-electron chi connectivity index (χ4n) is 2.62. The average molecular weight is 328 g/mol. The molecule has 0 saturated carbocycles. The van der Waals surface area contributed by atoms with E-state index in [0.717, 1.165) is 17.0 Å². The number of benzene rings is 1. The first-order valence-corrected chi connectivity index (χ1v) is 7.69. The number of carbonyl (C=O) groups excluding carboxylic acids is 1. The van der Waals surface area contributed by atoms with E-state index in [1.165, 1.54) is 0 Å². The number of oxime groups is 1. The first-order valence-electron chi connectivity index (χ1n) is 7.69. The van der Waals surface area contributed by atoms with Crippen LogP contribution in [0, 0.1) is 0 Å². The maximum absolute atomic E-state index is 12.3. The molecule has 7 heteroatoms. The molecule has 3 rings (SSSR count). The number of H-pyrrole nitrogens is 1. The zero-order valence-corrected chi connectivity index (χ0v) is 13.9. The highest BCUT2D eigenvalue weighted by Gasteiger charge is 2.33. The smallest absolute Gasteiger partial charge is 0.269 e. The second-order valence-corrected chi connectivity index (χ2v) is 6.13. The van der Waals surface area contributed by atoms with Gasteiger partial charge in [0.15, 0.2) is 5.60 Å². The lowest BCUT2D eigenvalue weighted by atomic mass is 10.0. The van der Waals surface area contributed by atoms with Crippen molar-refractivity contribution in [2.24, 2.45) is 5.16 Å². The van der Waals surface area contributed by atoms with E-state index in [1.807, 2.05) is 38.1 Å². The van der Waals surface area contributed by atoms with Gasteiger partial charge in [0.1, 0.15) is 11.4 Å². The van der Waals surface area contributed by atoms with E-state index in [2.05, 4.69) is 20.7 Å². The molecule has 2 heterocycles. The van der Waals surface area contributed by atoms with Crippen LogP contribution in [0.1, 0.15) is 30.8 Å². The zero-order valence-electron chi connectivity index (χ0n) is 13.9. The van der Waals surface area contributed by atoms with Crippen molar-refractivity contribution >= 4 is 11.6 Å². The van der Waals surface area contributed by atoms with E-state index in [0.29, 0.717) is 24.4 Å². The largest absolute Gasteiger partial charge is 0.497 e. The van der Waals surface area contributed by atoms with Gasteiger partial charge in [-0.1, -0.05) is 17.3 Å². The van der Waals surface area contributed by atoms with Gasteiger partial charge in [-0.15, -0.1) is 0 Å². The van der Waals surface area contributed by atoms with Crippen LogP contribution in [0.4, 0.5) is 0 Å². The first-order chi connectivity index (χ1) is 11.5. The summed E-state index contributed by atoms with van der Waals surface area (Å²) in [5, 5.41) is 13.8. The zero-order chi connectivity index (χ0) is 17.2. The topological polar surface area (TPSA) is 88.6 Å². The molecule has 126 valence electrons. The molecule has 24 heavy (non-hydrogen) atoms. The lowest BCUT2D eigenvalue weighted by Gasteiger charge is -2.21. The number of nitrogens with zero attached hydrogens (tertiary/aromatic N) is 2. The third-order valence-corrected chi connectivity index (χ3v) is 3.86. The highest BCUT2D eigenvalue weighted by molar-refractivity contribution is 5.93. The van der Waals surface area contributed by atoms with E-state index < -0.39 is 5.60 Å². The molecule has 0 bridgehead atoms. The van der Waals surface area contributed by atoms with Crippen LogP contribution in [0.15, 0.2) is 35.5 Å². The van der Waals surface area contributed by atoms with Gasteiger partial charge in [-0.05, 0) is 32.0 Å². The number of methoxy groups -OCH3 is 1. The van der Waals surface area contributed by atoms with E-state index in [-0.39, 0.29) is 5.91 Å². The minimum absolute atomic E-state index is 0.231. The molecule has 0 radical (unpaired) electrons. The van der Waals surface area contributed by atoms with Crippen LogP contribution in [0.3, 0.4) is 0 Å². The van der Waals surface area contributed by atoms with Crippen LogP contribution in [0.5, 0.6) is 5.75 Å². The Balaban J connectivity index is 1.65. The second kappa shape index (κ2) is 6.35. The number of ether oxygens (including phenoxy) is 1. The maximum atomic E-state index is 12.3. The quantitative estimate of drug-likeness (QED) is 0.882. The minimum atomic E-state index is -0.491. The number of aromatic nitrogens is 2. The highest BCUT2D eigenvalue weighted by Crippen LogP contribution is 2.24. The highest BCUT2D eigenvalue weighted by atomic mass is 16.7. The van der Waals surface area contributed by atoms with E-state index in [9.17, 15) is 4.79 Å². The fourth-order valence-corrected chi connectivity index (χ4v) is 2.62. The van der Waals surface area contributed by atoms with Crippen molar-refractivity contribution in [3.8, 4) is 17.0 Å². The Hall–Kier alpha value is -2.83. The van der Waals surface area contributed by atoms with Crippen LogP contribution in [0.25, 0.3) is 11.3 Å². The molecule has 0 spiro atoms. The van der Waals surface area contributed by atoms with Gasteiger partial charge in [0.25, 0.3) is 5.91 Å². The molecule has 1 aromatic heterocycles. The standard InChI is InChI=1S/C17H20N4O3/c1-11-9-17(2,24-21-11)10-18-16(22)15-8-14(19-20-15)12-5-4-6-13(7-12)23-3/h4-8H,9-10H2,1-3H3,(H,18,22)(H,19,20)/t17-/m1/s1. The van der Waals surface area contributed by atoms with Crippen LogP contribution in [-0.4, -0.2) is 41.1 Å². The molecule has 7 nitrogen and oxygen atoms in total. The molecular weight excluding hydrogens is 308 g/mol. The lowest BCUT2D eigenvalue weighted by Crippen LogP contribution is -2.40. The predicted molar refractivity (Wildman–Crippen MR) is 90.1 cm³/mol. The van der Waals surface area contributed by atoms with E-state index in [1.54, 1.807) is 13.2 Å². The Kier molecular flexibility index (Phi) is 4.24. The number of aromatic amines is 1. The monoisotopic (exact) mass is 328 g/mol. The third-order valence-electron chi connectivity index (χ3n) is 3.86. The van der Waals surface area contributed by atoms with E-state index in [4.69, 9.17) is 9.57 Å². The van der Waals surface area contributed by atoms with Gasteiger partial charge in [-0.25, -0.2) is 0 Å². The molecule has 0 unspecified atom stereocenters. The molecule has 0 saturated heterocycles. The van der Waals surface area contributed by atoms with Gasteiger partial charge >= 0.3 is 0 Å². The SMILES string of the molecule is COc1cccc(-c2cc(C(=O)NC[C@@]3(C)CC(C)=NO3)[nH]n2)c1. The molecule has 0 aliphatic carbocycles. The number of hydrogen-bond acceptors (Lipinski definition) is 5. The van der Waals surface area contributed by atoms with Crippen molar-refractivity contribution in [3.63, 3.8) is 0 Å². The van der Waals surface area contributed by atoms with Gasteiger partial charge in [-0.2, -0.15) is 5.10 Å². The second-order valence-electron chi connectivity index (χ2n) is 6.13. The van der Waals surface area contributed by atoms with Crippen molar-refractivity contribution < 1.29 is 14.4 Å². The van der Waals surface area contributed by atoms with Crippen molar-refractivity contribution in [2.75, 3.05) is 13.7 Å². The normalized spacial score (nSPS) is 19.5. The summed E-state index contributed by atoms with van der Waals surface area (Å²) < 4.78 is 5.20. The third kappa shape index (κ3) is 3.40. The molecule has 1 aliphatic rings. The van der Waals surface area contributed by atoms with Crippen molar-refractivity contribution in [1.29, 1.82) is 0 Å². The minimum Gasteiger partial charge on any atom is -0.497 e. The summed E-state index contributed by atoms with van der Waals surface area (Å²) in [4.78, 5) is 17.7. The Bertz CT molecular complexity index is 784. The van der Waals surface area contributed by atoms with Gasteiger partial charge in [0.05, 0.1) is 25.1 Å². The van der Waals surface area contributed by atoms with Crippen LogP contribution in [-0.2, 0) is 4.84 Å². The number of amides is 1. The molecular formula is C17H20N4O3. The maximum Gasteiger partial charge on any atom is 0.269 e. The van der Waals surface area contributed by atoms with Crippen LogP contribution < -0.4 is 10.1 Å². The van der Waals surface area contributed by atoms with Crippen molar-refractivity contribution in [1.82, 2.24) is 15.5 Å². The summed E-state index contributed by atoms with van der Waals surface area (Å²) in [6.45, 7) is 4.20. The van der Waals surface area contributed by atoms with Crippen molar-refractivity contribution in [3.05, 3.63) is 36.0 Å². The Labute approximate surface area is 140 Å². The number of carbonyl (C=O) groups is 1. The Morgan fingerprint density at radius 1 is 1.46 bits per heavy atom.